The van der Waals surface area contributed by atoms with E-state index in [-0.39, 0.29) is 6.42 Å². The molecule has 0 aliphatic heterocycles. The van der Waals surface area contributed by atoms with Crippen LogP contribution in [-0.4, -0.2) is 6.54 Å². The second-order valence-electron chi connectivity index (χ2n) is 0.892. The van der Waals surface area contributed by atoms with Crippen molar-refractivity contribution in [1.29, 1.82) is 0 Å². The van der Waals surface area contributed by atoms with Crippen molar-refractivity contribution in [2.24, 2.45) is 5.73 Å². The molecule has 0 aromatic carbocycles. The Balaban J connectivity index is 3.11. The second kappa shape index (κ2) is 3.96. The van der Waals surface area contributed by atoms with Gasteiger partial charge in [-0.1, -0.05) is 13.3 Å². The summed E-state index contributed by atoms with van der Waals surface area (Å²) in [5.41, 5.74) is 5.09. The van der Waals surface area contributed by atoms with Crippen LogP contribution in [0.1, 0.15) is 23.8 Å². The molecule has 1 nitrogen and oxygen atoms in total. The molecule has 0 bridgehead atoms. The maximum absolute atomic E-state index is 6.71. The zero-order valence-electron chi connectivity index (χ0n) is 6.20. The van der Waals surface area contributed by atoms with Crippen molar-refractivity contribution < 1.29 is 4.11 Å². The Bertz CT molecular complexity index is 58.8. The Kier molecular flexibility index (Phi) is 1.27. The molecule has 0 spiro atoms. The predicted molar refractivity (Wildman–Crippen MR) is 24.0 cm³/mol. The zero-order chi connectivity index (χ0) is 6.62. The van der Waals surface area contributed by atoms with E-state index in [1.54, 1.807) is 0 Å². The van der Waals surface area contributed by atoms with Gasteiger partial charge in [-0.25, -0.2) is 0 Å². The van der Waals surface area contributed by atoms with Gasteiger partial charge in [-0.05, 0) is 13.0 Å². The fourth-order valence-corrected chi connectivity index (χ4v) is 0.102. The molecular formula is C4H11N. The fourth-order valence-electron chi connectivity index (χ4n) is 0.102. The zero-order valence-corrected chi connectivity index (χ0v) is 3.20. The maximum atomic E-state index is 6.71. The quantitative estimate of drug-likeness (QED) is 0.516. The summed E-state index contributed by atoms with van der Waals surface area (Å²) in [7, 11) is 0. The summed E-state index contributed by atoms with van der Waals surface area (Å²) in [6, 6.07) is 0. The van der Waals surface area contributed by atoms with Gasteiger partial charge in [-0.3, -0.25) is 0 Å². The molecule has 0 aromatic rings. The Labute approximate surface area is 37.4 Å². The van der Waals surface area contributed by atoms with Crippen molar-refractivity contribution in [3.63, 3.8) is 0 Å². The molecule has 1 heteroatoms. The summed E-state index contributed by atoms with van der Waals surface area (Å²) in [6.45, 7) is -1.31. The van der Waals surface area contributed by atoms with Crippen molar-refractivity contribution in [1.82, 2.24) is 0 Å². The van der Waals surface area contributed by atoms with Crippen LogP contribution in [0.5, 0.6) is 0 Å². The van der Waals surface area contributed by atoms with Gasteiger partial charge in [0.1, 0.15) is 0 Å². The average molecular weight is 76.2 g/mol. The highest BCUT2D eigenvalue weighted by Gasteiger charge is 1.67. The first-order valence-corrected chi connectivity index (χ1v) is 1.76. The minimum Gasteiger partial charge on any atom is -0.330 e. The van der Waals surface area contributed by atoms with E-state index in [0.29, 0.717) is 13.0 Å². The Morgan fingerprint density at radius 1 is 2.00 bits per heavy atom. The molecule has 0 aromatic heterocycles. The topological polar surface area (TPSA) is 26.0 Å². The van der Waals surface area contributed by atoms with E-state index in [1.165, 1.54) is 0 Å². The van der Waals surface area contributed by atoms with Crippen LogP contribution in [-0.2, 0) is 0 Å². The Morgan fingerprint density at radius 2 is 2.80 bits per heavy atom. The van der Waals surface area contributed by atoms with Gasteiger partial charge in [0.2, 0.25) is 0 Å². The maximum Gasteiger partial charge on any atom is 0.0230 e. The van der Waals surface area contributed by atoms with Gasteiger partial charge in [0, 0.05) is 4.11 Å². The van der Waals surface area contributed by atoms with Gasteiger partial charge in [0.25, 0.3) is 0 Å². The number of rotatable bonds is 2. The molecule has 0 radical (unpaired) electrons. The van der Waals surface area contributed by atoms with Gasteiger partial charge in [-0.15, -0.1) is 0 Å². The third-order valence-corrected chi connectivity index (χ3v) is 0.381. The van der Waals surface area contributed by atoms with Gasteiger partial charge in [0.15, 0.2) is 0 Å². The van der Waals surface area contributed by atoms with Gasteiger partial charge < -0.3 is 5.73 Å². The third-order valence-electron chi connectivity index (χ3n) is 0.381. The van der Waals surface area contributed by atoms with E-state index >= 15 is 0 Å². The van der Waals surface area contributed by atoms with Crippen LogP contribution in [0.25, 0.3) is 0 Å². The highest BCUT2D eigenvalue weighted by Crippen LogP contribution is 1.77. The number of nitrogens with two attached hydrogens (primary N) is 1. The molecule has 0 aliphatic rings. The summed E-state index contributed by atoms with van der Waals surface area (Å²) in [5, 5.41) is 0. The first-order chi connectivity index (χ1) is 3.56. The normalized spacial score (nSPS) is 19.8. The van der Waals surface area contributed by atoms with E-state index in [0.717, 1.165) is 0 Å². The number of hydrogen-bond donors (Lipinski definition) is 1. The van der Waals surface area contributed by atoms with E-state index in [4.69, 9.17) is 9.85 Å². The van der Waals surface area contributed by atoms with Crippen LogP contribution in [0.15, 0.2) is 0 Å². The lowest BCUT2D eigenvalue weighted by Gasteiger charge is -1.80. The molecule has 0 heterocycles. The molecule has 0 rings (SSSR count). The minimum atomic E-state index is -1.78. The first-order valence-electron chi connectivity index (χ1n) is 3.26. The van der Waals surface area contributed by atoms with Crippen molar-refractivity contribution in [2.75, 3.05) is 6.54 Å². The lowest BCUT2D eigenvalue weighted by molar-refractivity contribution is 0.807. The molecule has 0 aliphatic carbocycles. The van der Waals surface area contributed by atoms with Crippen molar-refractivity contribution in [3.8, 4) is 0 Å². The molecule has 0 unspecified atom stereocenters. The third kappa shape index (κ3) is 3.96. The van der Waals surface area contributed by atoms with Crippen molar-refractivity contribution in [3.05, 3.63) is 0 Å². The smallest absolute Gasteiger partial charge is 0.0230 e. The molecule has 0 saturated carbocycles. The van der Waals surface area contributed by atoms with Crippen LogP contribution >= 0.6 is 0 Å². The molecule has 0 fully saturated rings. The molecule has 0 saturated heterocycles. The molecular weight excluding hydrogens is 62.1 g/mol. The van der Waals surface area contributed by atoms with E-state index < -0.39 is 6.85 Å². The monoisotopic (exact) mass is 76.1 g/mol. The standard InChI is InChI=1S/C4H11N/c1-2-3-4-5/h2-5H2,1H3/i1D3. The summed E-state index contributed by atoms with van der Waals surface area (Å²) < 4.78 is 20.1. The minimum absolute atomic E-state index is 0.240. The lowest BCUT2D eigenvalue weighted by Crippen LogP contribution is -1.95. The molecule has 0 atom stereocenters. The SMILES string of the molecule is [2H]C([2H])([2H])CCCN. The predicted octanol–water partition coefficient (Wildman–Crippen LogP) is 0.745. The Morgan fingerprint density at radius 3 is 3.00 bits per heavy atom. The van der Waals surface area contributed by atoms with E-state index in [9.17, 15) is 0 Å². The summed E-state index contributed by atoms with van der Waals surface area (Å²) >= 11 is 0. The van der Waals surface area contributed by atoms with Gasteiger partial charge >= 0.3 is 0 Å². The fraction of sp³-hybridized carbons (Fsp3) is 1.00. The number of hydrogen-bond acceptors (Lipinski definition) is 1. The first kappa shape index (κ1) is 1.61. The highest BCUT2D eigenvalue weighted by molar-refractivity contribution is 4.29. The van der Waals surface area contributed by atoms with Crippen LogP contribution in [0.2, 0.25) is 0 Å². The van der Waals surface area contributed by atoms with Crippen LogP contribution in [0.3, 0.4) is 0 Å². The van der Waals surface area contributed by atoms with Gasteiger partial charge in [0.05, 0.1) is 0 Å². The van der Waals surface area contributed by atoms with E-state index in [2.05, 4.69) is 0 Å². The summed E-state index contributed by atoms with van der Waals surface area (Å²) in [5.74, 6) is 0. The molecule has 2 N–H and O–H groups in total. The summed E-state index contributed by atoms with van der Waals surface area (Å²) in [6.07, 6.45) is 0.833. The van der Waals surface area contributed by atoms with Crippen LogP contribution < -0.4 is 5.73 Å². The van der Waals surface area contributed by atoms with Gasteiger partial charge in [-0.2, -0.15) is 0 Å². The van der Waals surface area contributed by atoms with Crippen molar-refractivity contribution in [2.45, 2.75) is 19.7 Å². The molecule has 5 heavy (non-hydrogen) atoms. The summed E-state index contributed by atoms with van der Waals surface area (Å²) in [4.78, 5) is 0. The van der Waals surface area contributed by atoms with Crippen LogP contribution in [0.4, 0.5) is 0 Å². The average Bonchev–Trinajstić information content (AvgIpc) is 1.59. The molecule has 32 valence electrons. The van der Waals surface area contributed by atoms with E-state index in [1.807, 2.05) is 0 Å². The highest BCUT2D eigenvalue weighted by atomic mass is 14.5. The van der Waals surface area contributed by atoms with Crippen molar-refractivity contribution >= 4 is 0 Å². The second-order valence-corrected chi connectivity index (χ2v) is 0.892. The Hall–Kier alpha value is -0.0400. The van der Waals surface area contributed by atoms with Crippen LogP contribution in [0, 0.1) is 0 Å². The largest absolute Gasteiger partial charge is 0.330 e. The molecule has 0 amide bonds. The lowest BCUT2D eigenvalue weighted by atomic mass is 10.3.